The molecule has 0 aliphatic carbocycles. The predicted octanol–water partition coefficient (Wildman–Crippen LogP) is 3.38. The van der Waals surface area contributed by atoms with Crippen molar-refractivity contribution in [1.82, 2.24) is 4.72 Å². The van der Waals surface area contributed by atoms with E-state index in [0.717, 1.165) is 9.35 Å². The molecule has 0 radical (unpaired) electrons. The molecule has 0 aliphatic heterocycles. The highest BCUT2D eigenvalue weighted by molar-refractivity contribution is 9.10. The first-order chi connectivity index (χ1) is 9.83. The van der Waals surface area contributed by atoms with Crippen molar-refractivity contribution >= 4 is 53.2 Å². The van der Waals surface area contributed by atoms with Crippen LogP contribution in [0.2, 0.25) is 0 Å². The van der Waals surface area contributed by atoms with Gasteiger partial charge in [-0.25, -0.2) is 17.5 Å². The van der Waals surface area contributed by atoms with Crippen LogP contribution < -0.4 is 4.72 Å². The standard InChI is InChI=1S/C12H10Br2FNO3S2/c13-8-1-7(5-17)12(15)11(3-8)21(18,19)16-4-10-2-9(14)6-20-10/h1-3,6,16-17H,4-5H2. The molecule has 1 aromatic heterocycles. The second-order valence-corrected chi connectivity index (χ2v) is 8.65. The second kappa shape index (κ2) is 6.84. The van der Waals surface area contributed by atoms with Crippen LogP contribution in [0.25, 0.3) is 0 Å². The van der Waals surface area contributed by atoms with Crippen molar-refractivity contribution in [2.75, 3.05) is 0 Å². The van der Waals surface area contributed by atoms with E-state index < -0.39 is 27.3 Å². The van der Waals surface area contributed by atoms with Crippen molar-refractivity contribution in [2.24, 2.45) is 0 Å². The van der Waals surface area contributed by atoms with E-state index in [1.807, 2.05) is 5.38 Å². The van der Waals surface area contributed by atoms with Crippen molar-refractivity contribution in [1.29, 1.82) is 0 Å². The highest BCUT2D eigenvalue weighted by Gasteiger charge is 2.22. The number of hydrogen-bond donors (Lipinski definition) is 2. The summed E-state index contributed by atoms with van der Waals surface area (Å²) in [4.78, 5) is 0.305. The highest BCUT2D eigenvalue weighted by atomic mass is 79.9. The Balaban J connectivity index is 2.29. The molecule has 9 heteroatoms. The first kappa shape index (κ1) is 17.0. The van der Waals surface area contributed by atoms with Gasteiger partial charge in [-0.3, -0.25) is 0 Å². The van der Waals surface area contributed by atoms with E-state index in [4.69, 9.17) is 5.11 Å². The fourth-order valence-corrected chi connectivity index (χ4v) is 4.91. The third-order valence-electron chi connectivity index (χ3n) is 2.60. The highest BCUT2D eigenvalue weighted by Crippen LogP contribution is 2.25. The van der Waals surface area contributed by atoms with Crippen molar-refractivity contribution in [3.8, 4) is 0 Å². The molecule has 0 aliphatic rings. The first-order valence-corrected chi connectivity index (χ1v) is 9.59. The van der Waals surface area contributed by atoms with Gasteiger partial charge in [0.25, 0.3) is 0 Å². The molecule has 2 rings (SSSR count). The number of thiophene rings is 1. The molecule has 0 amide bonds. The topological polar surface area (TPSA) is 66.4 Å². The van der Waals surface area contributed by atoms with Crippen LogP contribution in [0.4, 0.5) is 4.39 Å². The number of rotatable bonds is 5. The molecule has 0 unspecified atom stereocenters. The summed E-state index contributed by atoms with van der Waals surface area (Å²) in [5, 5.41) is 10.9. The predicted molar refractivity (Wildman–Crippen MR) is 86.1 cm³/mol. The minimum absolute atomic E-state index is 0.0685. The molecule has 21 heavy (non-hydrogen) atoms. The van der Waals surface area contributed by atoms with Gasteiger partial charge in [-0.1, -0.05) is 15.9 Å². The van der Waals surface area contributed by atoms with Gasteiger partial charge in [-0.15, -0.1) is 11.3 Å². The normalized spacial score (nSPS) is 11.8. The maximum Gasteiger partial charge on any atom is 0.243 e. The van der Waals surface area contributed by atoms with E-state index in [2.05, 4.69) is 36.6 Å². The van der Waals surface area contributed by atoms with Crippen LogP contribution in [-0.2, 0) is 23.2 Å². The third kappa shape index (κ3) is 4.11. The number of halogens is 3. The summed E-state index contributed by atoms with van der Waals surface area (Å²) in [6.45, 7) is -0.509. The SMILES string of the molecule is O=S(=O)(NCc1cc(Br)cs1)c1cc(Br)cc(CO)c1F. The number of aliphatic hydroxyl groups excluding tert-OH is 1. The fourth-order valence-electron chi connectivity index (χ4n) is 1.62. The van der Waals surface area contributed by atoms with Gasteiger partial charge in [-0.2, -0.15) is 0 Å². The Kier molecular flexibility index (Phi) is 5.55. The van der Waals surface area contributed by atoms with E-state index in [9.17, 15) is 12.8 Å². The van der Waals surface area contributed by atoms with Crippen LogP contribution in [0.1, 0.15) is 10.4 Å². The van der Waals surface area contributed by atoms with Gasteiger partial charge in [0.1, 0.15) is 10.7 Å². The van der Waals surface area contributed by atoms with E-state index in [0.29, 0.717) is 4.47 Å². The Morgan fingerprint density at radius 3 is 2.52 bits per heavy atom. The van der Waals surface area contributed by atoms with Crippen LogP contribution in [0.15, 0.2) is 37.4 Å². The van der Waals surface area contributed by atoms with Gasteiger partial charge in [0, 0.05) is 31.3 Å². The lowest BCUT2D eigenvalue weighted by Gasteiger charge is -2.10. The number of hydrogen-bond acceptors (Lipinski definition) is 4. The molecule has 2 N–H and O–H groups in total. The van der Waals surface area contributed by atoms with E-state index in [-0.39, 0.29) is 12.1 Å². The summed E-state index contributed by atoms with van der Waals surface area (Å²) in [6.07, 6.45) is 0. The van der Waals surface area contributed by atoms with Gasteiger partial charge in [-0.05, 0) is 34.1 Å². The Morgan fingerprint density at radius 2 is 1.95 bits per heavy atom. The second-order valence-electron chi connectivity index (χ2n) is 4.09. The summed E-state index contributed by atoms with van der Waals surface area (Å²) in [5.74, 6) is -0.944. The molecule has 114 valence electrons. The number of nitrogens with one attached hydrogen (secondary N) is 1. The average molecular weight is 459 g/mol. The molecular formula is C12H10Br2FNO3S2. The van der Waals surface area contributed by atoms with Gasteiger partial charge < -0.3 is 5.11 Å². The zero-order chi connectivity index (χ0) is 15.6. The van der Waals surface area contributed by atoms with Gasteiger partial charge in [0.15, 0.2) is 0 Å². The van der Waals surface area contributed by atoms with Gasteiger partial charge in [0.05, 0.1) is 6.61 Å². The summed E-state index contributed by atoms with van der Waals surface area (Å²) >= 11 is 7.77. The quantitative estimate of drug-likeness (QED) is 0.721. The van der Waals surface area contributed by atoms with Crippen LogP contribution >= 0.6 is 43.2 Å². The number of benzene rings is 1. The largest absolute Gasteiger partial charge is 0.392 e. The molecule has 1 aromatic carbocycles. The summed E-state index contributed by atoms with van der Waals surface area (Å²) in [7, 11) is -4.01. The molecule has 0 fully saturated rings. The summed E-state index contributed by atoms with van der Waals surface area (Å²) < 4.78 is 42.0. The van der Waals surface area contributed by atoms with E-state index in [1.165, 1.54) is 23.5 Å². The van der Waals surface area contributed by atoms with Crippen molar-refractivity contribution in [2.45, 2.75) is 18.0 Å². The fraction of sp³-hybridized carbons (Fsp3) is 0.167. The van der Waals surface area contributed by atoms with Crippen LogP contribution in [0.3, 0.4) is 0 Å². The van der Waals surface area contributed by atoms with Gasteiger partial charge >= 0.3 is 0 Å². The molecule has 0 saturated carbocycles. The first-order valence-electron chi connectivity index (χ1n) is 5.65. The van der Waals surface area contributed by atoms with Crippen LogP contribution in [0, 0.1) is 5.82 Å². The molecule has 0 atom stereocenters. The molecular weight excluding hydrogens is 449 g/mol. The number of sulfonamides is 1. The van der Waals surface area contributed by atoms with Crippen LogP contribution in [-0.4, -0.2) is 13.5 Å². The summed E-state index contributed by atoms with van der Waals surface area (Å²) in [6, 6.07) is 4.29. The van der Waals surface area contributed by atoms with E-state index in [1.54, 1.807) is 6.07 Å². The maximum atomic E-state index is 14.1. The number of aliphatic hydroxyl groups is 1. The minimum atomic E-state index is -4.01. The molecule has 4 nitrogen and oxygen atoms in total. The minimum Gasteiger partial charge on any atom is -0.392 e. The molecule has 0 saturated heterocycles. The lowest BCUT2D eigenvalue weighted by atomic mass is 10.2. The zero-order valence-corrected chi connectivity index (χ0v) is 15.2. The smallest absolute Gasteiger partial charge is 0.243 e. The lowest BCUT2D eigenvalue weighted by Crippen LogP contribution is -2.24. The molecule has 0 bridgehead atoms. The monoisotopic (exact) mass is 457 g/mol. The Hall–Kier alpha value is -0.320. The van der Waals surface area contributed by atoms with Crippen molar-refractivity contribution in [3.63, 3.8) is 0 Å². The van der Waals surface area contributed by atoms with Crippen molar-refractivity contribution in [3.05, 3.63) is 48.8 Å². The Morgan fingerprint density at radius 1 is 1.24 bits per heavy atom. The summed E-state index contributed by atoms with van der Waals surface area (Å²) in [5.41, 5.74) is -0.0800. The Labute approximate surface area is 142 Å². The molecule has 2 aromatic rings. The maximum absolute atomic E-state index is 14.1. The van der Waals surface area contributed by atoms with Crippen LogP contribution in [0.5, 0.6) is 0 Å². The molecule has 1 heterocycles. The van der Waals surface area contributed by atoms with Gasteiger partial charge in [0.2, 0.25) is 10.0 Å². The third-order valence-corrected chi connectivity index (χ3v) is 6.15. The lowest BCUT2D eigenvalue weighted by molar-refractivity contribution is 0.274. The van der Waals surface area contributed by atoms with Crippen molar-refractivity contribution < 1.29 is 17.9 Å². The van der Waals surface area contributed by atoms with E-state index >= 15 is 0 Å². The molecule has 0 spiro atoms. The average Bonchev–Trinajstić information content (AvgIpc) is 2.84. The zero-order valence-electron chi connectivity index (χ0n) is 10.4. The Bertz CT molecular complexity index is 762.